The molecule has 0 aliphatic carbocycles. The number of benzene rings is 1. The van der Waals surface area contributed by atoms with E-state index in [0.717, 1.165) is 49.4 Å². The molecule has 3 heterocycles. The van der Waals surface area contributed by atoms with E-state index in [2.05, 4.69) is 16.0 Å². The van der Waals surface area contributed by atoms with Crippen molar-refractivity contribution < 1.29 is 14.3 Å². The molecule has 0 saturated carbocycles. The topological polar surface area (TPSA) is 64.5 Å². The van der Waals surface area contributed by atoms with Crippen molar-refractivity contribution in [3.63, 3.8) is 0 Å². The molecule has 6 heteroatoms. The van der Waals surface area contributed by atoms with Gasteiger partial charge in [0.15, 0.2) is 11.5 Å². The van der Waals surface area contributed by atoms with Crippen molar-refractivity contribution in [1.82, 2.24) is 14.9 Å². The zero-order valence-electron chi connectivity index (χ0n) is 18.7. The van der Waals surface area contributed by atoms with Crippen LogP contribution in [0.15, 0.2) is 60.8 Å². The Morgan fingerprint density at radius 3 is 2.75 bits per heavy atom. The maximum Gasteiger partial charge on any atom is 0.254 e. The summed E-state index contributed by atoms with van der Waals surface area (Å²) in [5.74, 6) is 1.59. The fraction of sp³-hybridized carbons (Fsp3) is 0.346. The van der Waals surface area contributed by atoms with Crippen molar-refractivity contribution in [2.24, 2.45) is 5.92 Å². The third kappa shape index (κ3) is 5.44. The first-order valence-electron chi connectivity index (χ1n) is 11.0. The second kappa shape index (κ2) is 10.3. The molecule has 4 rings (SSSR count). The number of piperidine rings is 1. The largest absolute Gasteiger partial charge is 0.493 e. The van der Waals surface area contributed by atoms with Crippen LogP contribution < -0.4 is 9.47 Å². The molecular weight excluding hydrogens is 402 g/mol. The molecule has 0 N–H and O–H groups in total. The molecule has 6 nitrogen and oxygen atoms in total. The molecule has 1 fully saturated rings. The molecule has 0 spiro atoms. The summed E-state index contributed by atoms with van der Waals surface area (Å²) in [5, 5.41) is 0. The number of aromatic nitrogens is 2. The Morgan fingerprint density at radius 1 is 1.09 bits per heavy atom. The number of amides is 1. The number of nitrogens with zero attached hydrogens (tertiary/aromatic N) is 3. The Labute approximate surface area is 189 Å². The van der Waals surface area contributed by atoms with E-state index in [1.807, 2.05) is 48.2 Å². The standard InChI is InChI=1S/C26H29N3O3/c1-19-7-5-10-22(28-19)15-20-8-6-14-29(17-20)26(30)21-11-12-24(25(16-21)31-2)32-18-23-9-3-4-13-27-23/h3-5,7,9-13,16,20H,6,8,14-15,17-18H2,1-2H3/t20-/m1/s1. The lowest BCUT2D eigenvalue weighted by Gasteiger charge is -2.33. The van der Waals surface area contributed by atoms with Gasteiger partial charge in [-0.2, -0.15) is 0 Å². The van der Waals surface area contributed by atoms with E-state index in [0.29, 0.717) is 29.6 Å². The van der Waals surface area contributed by atoms with Crippen LogP contribution >= 0.6 is 0 Å². The second-order valence-corrected chi connectivity index (χ2v) is 8.21. The van der Waals surface area contributed by atoms with Gasteiger partial charge in [-0.05, 0) is 74.6 Å². The predicted molar refractivity (Wildman–Crippen MR) is 123 cm³/mol. The number of aryl methyl sites for hydroxylation is 1. The van der Waals surface area contributed by atoms with Crippen molar-refractivity contribution in [3.05, 3.63) is 83.4 Å². The average molecular weight is 432 g/mol. The fourth-order valence-corrected chi connectivity index (χ4v) is 4.16. The maximum absolute atomic E-state index is 13.2. The van der Waals surface area contributed by atoms with Crippen LogP contribution in [0.1, 0.15) is 40.3 Å². The van der Waals surface area contributed by atoms with Gasteiger partial charge in [0.2, 0.25) is 0 Å². The number of pyridine rings is 2. The lowest BCUT2D eigenvalue weighted by molar-refractivity contribution is 0.0672. The summed E-state index contributed by atoms with van der Waals surface area (Å²) in [4.78, 5) is 24.1. The average Bonchev–Trinajstić information content (AvgIpc) is 2.83. The summed E-state index contributed by atoms with van der Waals surface area (Å²) in [6, 6.07) is 17.2. The van der Waals surface area contributed by atoms with Gasteiger partial charge in [-0.15, -0.1) is 0 Å². The summed E-state index contributed by atoms with van der Waals surface area (Å²) >= 11 is 0. The van der Waals surface area contributed by atoms with Gasteiger partial charge in [-0.25, -0.2) is 0 Å². The van der Waals surface area contributed by atoms with E-state index in [-0.39, 0.29) is 5.91 Å². The summed E-state index contributed by atoms with van der Waals surface area (Å²) in [6.45, 7) is 3.87. The molecule has 3 aromatic rings. The number of carbonyl (C=O) groups is 1. The van der Waals surface area contributed by atoms with Gasteiger partial charge < -0.3 is 14.4 Å². The molecule has 1 atom stereocenters. The van der Waals surface area contributed by atoms with Gasteiger partial charge in [0, 0.05) is 36.2 Å². The Bertz CT molecular complexity index is 1060. The molecule has 1 aromatic carbocycles. The third-order valence-corrected chi connectivity index (χ3v) is 5.76. The molecule has 0 radical (unpaired) electrons. The van der Waals surface area contributed by atoms with Crippen LogP contribution in [0.25, 0.3) is 0 Å². The van der Waals surface area contributed by atoms with Gasteiger partial charge >= 0.3 is 0 Å². The lowest BCUT2D eigenvalue weighted by Crippen LogP contribution is -2.40. The number of rotatable bonds is 7. The first-order chi connectivity index (χ1) is 15.6. The molecule has 166 valence electrons. The first-order valence-corrected chi connectivity index (χ1v) is 11.0. The van der Waals surface area contributed by atoms with E-state index in [9.17, 15) is 4.79 Å². The summed E-state index contributed by atoms with van der Waals surface area (Å²) in [5.41, 5.74) is 3.57. The molecule has 1 aliphatic heterocycles. The highest BCUT2D eigenvalue weighted by Gasteiger charge is 2.25. The molecule has 1 aliphatic rings. The highest BCUT2D eigenvalue weighted by atomic mass is 16.5. The Morgan fingerprint density at radius 2 is 1.97 bits per heavy atom. The number of carbonyl (C=O) groups excluding carboxylic acids is 1. The molecule has 32 heavy (non-hydrogen) atoms. The molecule has 2 aromatic heterocycles. The predicted octanol–water partition coefficient (Wildman–Crippen LogP) is 4.47. The van der Waals surface area contributed by atoms with E-state index < -0.39 is 0 Å². The SMILES string of the molecule is COc1cc(C(=O)N2CCC[C@H](Cc3cccc(C)n3)C2)ccc1OCc1ccccn1. The quantitative estimate of drug-likeness (QED) is 0.552. The van der Waals surface area contributed by atoms with Crippen molar-refractivity contribution in [1.29, 1.82) is 0 Å². The van der Waals surface area contributed by atoms with Gasteiger partial charge in [0.05, 0.1) is 12.8 Å². The highest BCUT2D eigenvalue weighted by molar-refractivity contribution is 5.95. The first kappa shape index (κ1) is 21.8. The second-order valence-electron chi connectivity index (χ2n) is 8.21. The number of methoxy groups -OCH3 is 1. The monoisotopic (exact) mass is 431 g/mol. The molecule has 0 unspecified atom stereocenters. The van der Waals surface area contributed by atoms with E-state index >= 15 is 0 Å². The van der Waals surface area contributed by atoms with Gasteiger partial charge in [0.25, 0.3) is 5.91 Å². The van der Waals surface area contributed by atoms with Gasteiger partial charge in [0.1, 0.15) is 6.61 Å². The highest BCUT2D eigenvalue weighted by Crippen LogP contribution is 2.30. The minimum atomic E-state index is 0.0291. The zero-order chi connectivity index (χ0) is 22.3. The molecule has 1 saturated heterocycles. The lowest BCUT2D eigenvalue weighted by atomic mass is 9.92. The minimum absolute atomic E-state index is 0.0291. The summed E-state index contributed by atoms with van der Waals surface area (Å²) in [7, 11) is 1.59. The van der Waals surface area contributed by atoms with Gasteiger partial charge in [-0.1, -0.05) is 12.1 Å². The van der Waals surface area contributed by atoms with Crippen LogP contribution in [-0.2, 0) is 13.0 Å². The Kier molecular flexibility index (Phi) is 7.00. The molecular formula is C26H29N3O3. The van der Waals surface area contributed by atoms with Crippen LogP contribution in [0.5, 0.6) is 11.5 Å². The number of ether oxygens (including phenoxy) is 2. The summed E-state index contributed by atoms with van der Waals surface area (Å²) < 4.78 is 11.4. The maximum atomic E-state index is 13.2. The van der Waals surface area contributed by atoms with Crippen LogP contribution in [-0.4, -0.2) is 41.0 Å². The van der Waals surface area contributed by atoms with Crippen molar-refractivity contribution >= 4 is 5.91 Å². The normalized spacial score (nSPS) is 15.9. The minimum Gasteiger partial charge on any atom is -0.493 e. The Hall–Kier alpha value is -3.41. The van der Waals surface area contributed by atoms with Gasteiger partial charge in [-0.3, -0.25) is 14.8 Å². The third-order valence-electron chi connectivity index (χ3n) is 5.76. The van der Waals surface area contributed by atoms with Crippen LogP contribution in [0, 0.1) is 12.8 Å². The molecule has 1 amide bonds. The van der Waals surface area contributed by atoms with Crippen LogP contribution in [0.4, 0.5) is 0 Å². The zero-order valence-corrected chi connectivity index (χ0v) is 18.7. The fourth-order valence-electron chi connectivity index (χ4n) is 4.16. The molecule has 0 bridgehead atoms. The number of hydrogen-bond donors (Lipinski definition) is 0. The number of likely N-dealkylation sites (tertiary alicyclic amines) is 1. The van der Waals surface area contributed by atoms with E-state index in [4.69, 9.17) is 9.47 Å². The van der Waals surface area contributed by atoms with Crippen molar-refractivity contribution in [3.8, 4) is 11.5 Å². The summed E-state index contributed by atoms with van der Waals surface area (Å²) in [6.07, 6.45) is 4.75. The number of hydrogen-bond acceptors (Lipinski definition) is 5. The smallest absolute Gasteiger partial charge is 0.254 e. The van der Waals surface area contributed by atoms with Crippen LogP contribution in [0.3, 0.4) is 0 Å². The Balaban J connectivity index is 1.41. The van der Waals surface area contributed by atoms with E-state index in [1.165, 1.54) is 0 Å². The van der Waals surface area contributed by atoms with Crippen LogP contribution in [0.2, 0.25) is 0 Å². The van der Waals surface area contributed by atoms with Crippen molar-refractivity contribution in [2.75, 3.05) is 20.2 Å². The van der Waals surface area contributed by atoms with E-state index in [1.54, 1.807) is 25.4 Å². The van der Waals surface area contributed by atoms with Crippen molar-refractivity contribution in [2.45, 2.75) is 32.8 Å².